The highest BCUT2D eigenvalue weighted by Gasteiger charge is 2.22. The second-order valence-corrected chi connectivity index (χ2v) is 4.94. The molecule has 0 aromatic carbocycles. The predicted octanol–water partition coefficient (Wildman–Crippen LogP) is 1.86. The third kappa shape index (κ3) is 2.71. The molecule has 1 atom stereocenters. The molecule has 0 bridgehead atoms. The molecule has 2 aliphatic rings. The van der Waals surface area contributed by atoms with E-state index in [-0.39, 0.29) is 0 Å². The quantitative estimate of drug-likeness (QED) is 0.722. The molecule has 0 amide bonds. The number of nitrogens with zero attached hydrogens (tertiary/aromatic N) is 1. The average molecular weight is 196 g/mol. The predicted molar refractivity (Wildman–Crippen MR) is 60.5 cm³/mol. The van der Waals surface area contributed by atoms with Gasteiger partial charge >= 0.3 is 0 Å². The van der Waals surface area contributed by atoms with Crippen molar-refractivity contribution in [3.63, 3.8) is 0 Å². The van der Waals surface area contributed by atoms with Crippen LogP contribution in [0.15, 0.2) is 0 Å². The highest BCUT2D eigenvalue weighted by Crippen LogP contribution is 2.27. The van der Waals surface area contributed by atoms with Gasteiger partial charge < -0.3 is 10.2 Å². The van der Waals surface area contributed by atoms with E-state index in [1.165, 1.54) is 58.3 Å². The van der Waals surface area contributed by atoms with Crippen LogP contribution in [0.5, 0.6) is 0 Å². The Morgan fingerprint density at radius 3 is 2.50 bits per heavy atom. The molecular weight excluding hydrogens is 172 g/mol. The van der Waals surface area contributed by atoms with Crippen molar-refractivity contribution in [2.24, 2.45) is 5.92 Å². The highest BCUT2D eigenvalue weighted by molar-refractivity contribution is 4.80. The molecule has 2 rings (SSSR count). The van der Waals surface area contributed by atoms with E-state index < -0.39 is 0 Å². The van der Waals surface area contributed by atoms with Crippen molar-refractivity contribution in [2.45, 2.75) is 45.1 Å². The summed E-state index contributed by atoms with van der Waals surface area (Å²) in [6.07, 6.45) is 7.21. The maximum atomic E-state index is 3.59. The first-order valence-corrected chi connectivity index (χ1v) is 6.34. The van der Waals surface area contributed by atoms with Gasteiger partial charge in [0.15, 0.2) is 0 Å². The monoisotopic (exact) mass is 196 g/mol. The van der Waals surface area contributed by atoms with Crippen LogP contribution in [0.25, 0.3) is 0 Å². The summed E-state index contributed by atoms with van der Waals surface area (Å²) in [5.41, 5.74) is 0. The van der Waals surface area contributed by atoms with Crippen molar-refractivity contribution in [3.8, 4) is 0 Å². The van der Waals surface area contributed by atoms with E-state index in [1.54, 1.807) is 0 Å². The molecule has 2 nitrogen and oxygen atoms in total. The van der Waals surface area contributed by atoms with Crippen LogP contribution in [0, 0.1) is 5.92 Å². The minimum Gasteiger partial charge on any atom is -0.313 e. The summed E-state index contributed by atoms with van der Waals surface area (Å²) in [6, 6.07) is 0.787. The van der Waals surface area contributed by atoms with E-state index in [2.05, 4.69) is 17.1 Å². The third-order valence-corrected chi connectivity index (χ3v) is 3.83. The molecule has 14 heavy (non-hydrogen) atoms. The van der Waals surface area contributed by atoms with Gasteiger partial charge in [-0.2, -0.15) is 0 Å². The van der Waals surface area contributed by atoms with Crippen molar-refractivity contribution < 1.29 is 0 Å². The molecule has 1 aliphatic heterocycles. The van der Waals surface area contributed by atoms with Gasteiger partial charge in [-0.1, -0.05) is 13.3 Å². The molecule has 1 heterocycles. The van der Waals surface area contributed by atoms with Gasteiger partial charge in [-0.3, -0.25) is 0 Å². The number of likely N-dealkylation sites (N-methyl/N-ethyl adjacent to an activating group) is 1. The molecule has 0 aromatic rings. The maximum absolute atomic E-state index is 3.59. The third-order valence-electron chi connectivity index (χ3n) is 3.83. The first-order valence-electron chi connectivity index (χ1n) is 6.34. The van der Waals surface area contributed by atoms with Crippen LogP contribution in [0.4, 0.5) is 0 Å². The zero-order chi connectivity index (χ0) is 9.80. The minimum atomic E-state index is 0.787. The van der Waals surface area contributed by atoms with E-state index in [0.717, 1.165) is 12.0 Å². The van der Waals surface area contributed by atoms with E-state index in [9.17, 15) is 0 Å². The summed E-state index contributed by atoms with van der Waals surface area (Å²) in [6.45, 7) is 7.41. The molecule has 82 valence electrons. The number of hydrogen-bond acceptors (Lipinski definition) is 2. The largest absolute Gasteiger partial charge is 0.313 e. The smallest absolute Gasteiger partial charge is 0.0195 e. The van der Waals surface area contributed by atoms with Crippen molar-refractivity contribution >= 4 is 0 Å². The van der Waals surface area contributed by atoms with Gasteiger partial charge in [0.2, 0.25) is 0 Å². The molecule has 0 radical (unpaired) electrons. The Balaban J connectivity index is 1.68. The van der Waals surface area contributed by atoms with Crippen LogP contribution in [-0.4, -0.2) is 37.1 Å². The summed E-state index contributed by atoms with van der Waals surface area (Å²) in [5, 5.41) is 3.59. The van der Waals surface area contributed by atoms with E-state index >= 15 is 0 Å². The Morgan fingerprint density at radius 2 is 2.00 bits per heavy atom. The SMILES string of the molecule is CCN(CC1CCC1)CC1CCCN1. The zero-order valence-electron chi connectivity index (χ0n) is 9.47. The van der Waals surface area contributed by atoms with Crippen molar-refractivity contribution in [1.29, 1.82) is 0 Å². The number of hydrogen-bond donors (Lipinski definition) is 1. The Hall–Kier alpha value is -0.0800. The summed E-state index contributed by atoms with van der Waals surface area (Å²) in [5.74, 6) is 1.02. The van der Waals surface area contributed by atoms with Crippen molar-refractivity contribution in [2.75, 3.05) is 26.2 Å². The second kappa shape index (κ2) is 5.13. The zero-order valence-corrected chi connectivity index (χ0v) is 9.47. The number of nitrogens with one attached hydrogen (secondary N) is 1. The van der Waals surface area contributed by atoms with Gasteiger partial charge in [0, 0.05) is 19.1 Å². The Morgan fingerprint density at radius 1 is 1.14 bits per heavy atom. The molecule has 2 heteroatoms. The average Bonchev–Trinajstić information content (AvgIpc) is 2.61. The van der Waals surface area contributed by atoms with Crippen LogP contribution in [0.2, 0.25) is 0 Å². The number of rotatable bonds is 5. The van der Waals surface area contributed by atoms with E-state index in [1.807, 2.05) is 0 Å². The molecular formula is C12H24N2. The van der Waals surface area contributed by atoms with Gasteiger partial charge in [0.25, 0.3) is 0 Å². The lowest BCUT2D eigenvalue weighted by Gasteiger charge is -2.33. The van der Waals surface area contributed by atoms with Crippen molar-refractivity contribution in [1.82, 2.24) is 10.2 Å². The second-order valence-electron chi connectivity index (χ2n) is 4.94. The van der Waals surface area contributed by atoms with E-state index in [4.69, 9.17) is 0 Å². The standard InChI is InChI=1S/C12H24N2/c1-2-14(9-11-5-3-6-11)10-12-7-4-8-13-12/h11-13H,2-10H2,1H3. The maximum Gasteiger partial charge on any atom is 0.0195 e. The first kappa shape index (κ1) is 10.4. The van der Waals surface area contributed by atoms with Crippen LogP contribution in [-0.2, 0) is 0 Å². The Kier molecular flexibility index (Phi) is 3.82. The molecule has 0 spiro atoms. The van der Waals surface area contributed by atoms with Crippen LogP contribution in [0.1, 0.15) is 39.0 Å². The van der Waals surface area contributed by atoms with Crippen LogP contribution >= 0.6 is 0 Å². The van der Waals surface area contributed by atoms with Crippen LogP contribution < -0.4 is 5.32 Å². The first-order chi connectivity index (χ1) is 6.88. The van der Waals surface area contributed by atoms with Gasteiger partial charge in [0.1, 0.15) is 0 Å². The van der Waals surface area contributed by atoms with Gasteiger partial charge in [0.05, 0.1) is 0 Å². The summed E-state index contributed by atoms with van der Waals surface area (Å²) < 4.78 is 0. The lowest BCUT2D eigenvalue weighted by atomic mass is 9.85. The lowest BCUT2D eigenvalue weighted by Crippen LogP contribution is -2.40. The fourth-order valence-electron chi connectivity index (χ4n) is 2.60. The van der Waals surface area contributed by atoms with Crippen molar-refractivity contribution in [3.05, 3.63) is 0 Å². The molecule has 1 saturated heterocycles. The molecule has 1 saturated carbocycles. The van der Waals surface area contributed by atoms with Gasteiger partial charge in [-0.15, -0.1) is 0 Å². The molecule has 1 N–H and O–H groups in total. The molecule has 1 aliphatic carbocycles. The fourth-order valence-corrected chi connectivity index (χ4v) is 2.60. The van der Waals surface area contributed by atoms with Crippen LogP contribution in [0.3, 0.4) is 0 Å². The minimum absolute atomic E-state index is 0.787. The summed E-state index contributed by atoms with van der Waals surface area (Å²) >= 11 is 0. The molecule has 2 fully saturated rings. The van der Waals surface area contributed by atoms with Gasteiger partial charge in [-0.05, 0) is 44.7 Å². The summed E-state index contributed by atoms with van der Waals surface area (Å²) in [4.78, 5) is 2.65. The molecule has 1 unspecified atom stereocenters. The van der Waals surface area contributed by atoms with Gasteiger partial charge in [-0.25, -0.2) is 0 Å². The Labute approximate surface area is 88.1 Å². The van der Waals surface area contributed by atoms with E-state index in [0.29, 0.717) is 0 Å². The lowest BCUT2D eigenvalue weighted by molar-refractivity contribution is 0.173. The molecule has 0 aromatic heterocycles. The topological polar surface area (TPSA) is 15.3 Å². The normalized spacial score (nSPS) is 28.3. The fraction of sp³-hybridized carbons (Fsp3) is 1.00. The Bertz CT molecular complexity index is 160. The highest BCUT2D eigenvalue weighted by atomic mass is 15.2. The summed E-state index contributed by atoms with van der Waals surface area (Å²) in [7, 11) is 0.